The van der Waals surface area contributed by atoms with Crippen LogP contribution in [0.25, 0.3) is 22.3 Å². The summed E-state index contributed by atoms with van der Waals surface area (Å²) < 4.78 is 16.7. The highest BCUT2D eigenvalue weighted by atomic mass is 16.5. The Labute approximate surface area is 187 Å². The molecule has 3 N–H and O–H groups in total. The van der Waals surface area contributed by atoms with E-state index in [2.05, 4.69) is 6.92 Å². The fourth-order valence-electron chi connectivity index (χ4n) is 3.34. The molecule has 0 aliphatic heterocycles. The number of hydrogen-bond acceptors (Lipinski definition) is 6. The number of methoxy groups -OCH3 is 2. The molecule has 0 aliphatic carbocycles. The summed E-state index contributed by atoms with van der Waals surface area (Å²) in [6, 6.07) is 13.2. The van der Waals surface area contributed by atoms with E-state index in [0.717, 1.165) is 12.0 Å². The van der Waals surface area contributed by atoms with Gasteiger partial charge in [0.2, 0.25) is 0 Å². The molecule has 0 unspecified atom stereocenters. The van der Waals surface area contributed by atoms with Crippen molar-refractivity contribution in [1.29, 1.82) is 0 Å². The molecule has 6 heteroatoms. The van der Waals surface area contributed by atoms with Crippen molar-refractivity contribution in [2.24, 2.45) is 0 Å². The van der Waals surface area contributed by atoms with E-state index in [0.29, 0.717) is 34.8 Å². The predicted octanol–water partition coefficient (Wildman–Crippen LogP) is 5.89. The zero-order chi connectivity index (χ0) is 23.3. The average molecular weight is 437 g/mol. The molecular weight excluding hydrogens is 408 g/mol. The van der Waals surface area contributed by atoms with Gasteiger partial charge in [0.1, 0.15) is 18.1 Å². The van der Waals surface area contributed by atoms with Crippen LogP contribution in [0.1, 0.15) is 20.3 Å². The Balaban J connectivity index is 2.04. The molecule has 3 rings (SSSR count). The average Bonchev–Trinajstić information content (AvgIpc) is 2.79. The van der Waals surface area contributed by atoms with E-state index in [9.17, 15) is 15.3 Å². The lowest BCUT2D eigenvalue weighted by Gasteiger charge is -2.18. The molecule has 0 saturated heterocycles. The normalized spacial score (nSPS) is 11.3. The molecule has 0 saturated carbocycles. The summed E-state index contributed by atoms with van der Waals surface area (Å²) in [5.74, 6) is 0.976. The fraction of sp³-hybridized carbons (Fsp3) is 0.231. The first-order valence-electron chi connectivity index (χ1n) is 10.3. The first-order chi connectivity index (χ1) is 15.4. The van der Waals surface area contributed by atoms with Gasteiger partial charge in [0, 0.05) is 5.56 Å². The van der Waals surface area contributed by atoms with Gasteiger partial charge in [-0.05, 0) is 60.9 Å². The van der Waals surface area contributed by atoms with E-state index in [1.54, 1.807) is 42.5 Å². The van der Waals surface area contributed by atoms with Crippen molar-refractivity contribution in [1.82, 2.24) is 0 Å². The minimum absolute atomic E-state index is 0.0481. The zero-order valence-corrected chi connectivity index (χ0v) is 18.7. The second kappa shape index (κ2) is 10.0. The molecule has 0 atom stereocenters. The van der Waals surface area contributed by atoms with Gasteiger partial charge in [0.15, 0.2) is 23.0 Å². The Morgan fingerprint density at radius 2 is 1.56 bits per heavy atom. The fourth-order valence-corrected chi connectivity index (χ4v) is 3.34. The Hall–Kier alpha value is -3.80. The Morgan fingerprint density at radius 3 is 2.16 bits per heavy atom. The van der Waals surface area contributed by atoms with Crippen molar-refractivity contribution < 1.29 is 29.5 Å². The molecule has 0 fully saturated rings. The molecule has 168 valence electrons. The SMILES string of the molecule is CC/C(C)=C/COc1ccc(-c2c(OC)cc(-c3ccc(O)cc3)c(OC)c2O)cc1O. The van der Waals surface area contributed by atoms with Gasteiger partial charge in [-0.1, -0.05) is 30.7 Å². The largest absolute Gasteiger partial charge is 0.508 e. The van der Waals surface area contributed by atoms with Gasteiger partial charge < -0.3 is 29.5 Å². The summed E-state index contributed by atoms with van der Waals surface area (Å²) in [5, 5.41) is 31.1. The molecule has 3 aromatic carbocycles. The minimum Gasteiger partial charge on any atom is -0.508 e. The summed E-state index contributed by atoms with van der Waals surface area (Å²) in [6.45, 7) is 4.45. The van der Waals surface area contributed by atoms with Crippen molar-refractivity contribution in [2.75, 3.05) is 20.8 Å². The van der Waals surface area contributed by atoms with Gasteiger partial charge in [-0.15, -0.1) is 0 Å². The predicted molar refractivity (Wildman–Crippen MR) is 125 cm³/mol. The molecule has 0 spiro atoms. The van der Waals surface area contributed by atoms with E-state index < -0.39 is 0 Å². The quantitative estimate of drug-likeness (QED) is 0.382. The van der Waals surface area contributed by atoms with Crippen molar-refractivity contribution in [3.05, 3.63) is 60.2 Å². The zero-order valence-electron chi connectivity index (χ0n) is 18.7. The Bertz CT molecular complexity index is 1120. The third-order valence-electron chi connectivity index (χ3n) is 5.30. The molecule has 32 heavy (non-hydrogen) atoms. The lowest BCUT2D eigenvalue weighted by molar-refractivity contribution is 0.335. The van der Waals surface area contributed by atoms with E-state index in [1.165, 1.54) is 25.9 Å². The first kappa shape index (κ1) is 22.9. The van der Waals surface area contributed by atoms with Gasteiger partial charge in [-0.3, -0.25) is 0 Å². The van der Waals surface area contributed by atoms with Gasteiger partial charge >= 0.3 is 0 Å². The van der Waals surface area contributed by atoms with E-state index >= 15 is 0 Å². The van der Waals surface area contributed by atoms with Gasteiger partial charge in [-0.2, -0.15) is 0 Å². The summed E-state index contributed by atoms with van der Waals surface area (Å²) in [6.07, 6.45) is 2.91. The van der Waals surface area contributed by atoms with E-state index in [-0.39, 0.29) is 23.0 Å². The van der Waals surface area contributed by atoms with Crippen LogP contribution in [-0.4, -0.2) is 36.1 Å². The maximum absolute atomic E-state index is 11.1. The lowest BCUT2D eigenvalue weighted by Crippen LogP contribution is -1.97. The van der Waals surface area contributed by atoms with Crippen LogP contribution >= 0.6 is 0 Å². The van der Waals surface area contributed by atoms with Crippen LogP contribution in [0.15, 0.2) is 60.2 Å². The van der Waals surface area contributed by atoms with Crippen LogP contribution < -0.4 is 14.2 Å². The minimum atomic E-state index is -0.121. The van der Waals surface area contributed by atoms with Gasteiger partial charge in [0.25, 0.3) is 0 Å². The second-order valence-electron chi connectivity index (χ2n) is 7.33. The van der Waals surface area contributed by atoms with Crippen molar-refractivity contribution in [2.45, 2.75) is 20.3 Å². The Morgan fingerprint density at radius 1 is 0.875 bits per heavy atom. The number of allylic oxidation sites excluding steroid dienone is 1. The standard InChI is InChI=1S/C26H28O6/c1-5-16(2)12-13-32-22-11-8-18(14-21(22)28)24-23(30-3)15-20(26(31-4)25(24)29)17-6-9-19(27)10-7-17/h6-12,14-15,27-29H,5,13H2,1-4H3/b16-12+. The Kier molecular flexibility index (Phi) is 7.15. The monoisotopic (exact) mass is 436 g/mol. The number of rotatable bonds is 8. The summed E-state index contributed by atoms with van der Waals surface area (Å²) in [4.78, 5) is 0. The molecular formula is C26H28O6. The van der Waals surface area contributed by atoms with Crippen LogP contribution in [-0.2, 0) is 0 Å². The molecule has 0 bridgehead atoms. The van der Waals surface area contributed by atoms with Gasteiger partial charge in [0.05, 0.1) is 19.8 Å². The topological polar surface area (TPSA) is 88.4 Å². The second-order valence-corrected chi connectivity index (χ2v) is 7.33. The van der Waals surface area contributed by atoms with Gasteiger partial charge in [-0.25, -0.2) is 0 Å². The van der Waals surface area contributed by atoms with Crippen LogP contribution in [0, 0.1) is 0 Å². The highest BCUT2D eigenvalue weighted by molar-refractivity contribution is 5.88. The number of phenols is 3. The maximum atomic E-state index is 11.1. The van der Waals surface area contributed by atoms with Crippen molar-refractivity contribution in [3.8, 4) is 56.8 Å². The number of aromatic hydroxyl groups is 3. The molecule has 0 heterocycles. The van der Waals surface area contributed by atoms with E-state index in [1.807, 2.05) is 13.0 Å². The van der Waals surface area contributed by atoms with Crippen LogP contribution in [0.4, 0.5) is 0 Å². The van der Waals surface area contributed by atoms with Crippen LogP contribution in [0.2, 0.25) is 0 Å². The maximum Gasteiger partial charge on any atom is 0.170 e. The van der Waals surface area contributed by atoms with Crippen LogP contribution in [0.3, 0.4) is 0 Å². The number of hydrogen-bond donors (Lipinski definition) is 3. The molecule has 0 radical (unpaired) electrons. The highest BCUT2D eigenvalue weighted by Crippen LogP contribution is 2.50. The molecule has 6 nitrogen and oxygen atoms in total. The summed E-state index contributed by atoms with van der Waals surface area (Å²) >= 11 is 0. The molecule has 0 aliphatic rings. The smallest absolute Gasteiger partial charge is 0.170 e. The summed E-state index contributed by atoms with van der Waals surface area (Å²) in [5.41, 5.74) is 3.47. The molecule has 0 aromatic heterocycles. The lowest BCUT2D eigenvalue weighted by atomic mass is 9.96. The van der Waals surface area contributed by atoms with Crippen molar-refractivity contribution >= 4 is 0 Å². The third-order valence-corrected chi connectivity index (χ3v) is 5.30. The van der Waals surface area contributed by atoms with Crippen LogP contribution in [0.5, 0.6) is 34.5 Å². The van der Waals surface area contributed by atoms with Crippen molar-refractivity contribution in [3.63, 3.8) is 0 Å². The number of phenolic OH excluding ortho intramolecular Hbond substituents is 3. The van der Waals surface area contributed by atoms with E-state index in [4.69, 9.17) is 14.2 Å². The third kappa shape index (κ3) is 4.75. The molecule has 0 amide bonds. The number of benzene rings is 3. The highest BCUT2D eigenvalue weighted by Gasteiger charge is 2.22. The summed E-state index contributed by atoms with van der Waals surface area (Å²) in [7, 11) is 2.97. The number of ether oxygens (including phenoxy) is 3. The molecule has 3 aromatic rings. The first-order valence-corrected chi connectivity index (χ1v) is 10.3.